The fourth-order valence-electron chi connectivity index (χ4n) is 3.49. The first-order valence-electron chi connectivity index (χ1n) is 8.05. The maximum absolute atomic E-state index is 5.60. The Kier molecular flexibility index (Phi) is 4.41. The van der Waals surface area contributed by atoms with Crippen LogP contribution in [0.15, 0.2) is 34.9 Å². The number of hydrogen-bond acceptors (Lipinski definition) is 2. The zero-order valence-corrected chi connectivity index (χ0v) is 12.4. The van der Waals surface area contributed by atoms with E-state index < -0.39 is 0 Å². The third-order valence-corrected chi connectivity index (χ3v) is 4.69. The van der Waals surface area contributed by atoms with Crippen molar-refractivity contribution in [2.24, 2.45) is 5.92 Å². The number of furan rings is 1. The van der Waals surface area contributed by atoms with Crippen molar-refractivity contribution in [2.75, 3.05) is 0 Å². The molecule has 1 aliphatic rings. The molecule has 2 heteroatoms. The van der Waals surface area contributed by atoms with Crippen LogP contribution in [0.4, 0.5) is 0 Å². The summed E-state index contributed by atoms with van der Waals surface area (Å²) in [5.74, 6) is 0.979. The van der Waals surface area contributed by atoms with Gasteiger partial charge in [0.2, 0.25) is 0 Å². The average molecular weight is 271 g/mol. The van der Waals surface area contributed by atoms with E-state index in [9.17, 15) is 0 Å². The van der Waals surface area contributed by atoms with E-state index in [0.717, 1.165) is 18.0 Å². The van der Waals surface area contributed by atoms with Crippen LogP contribution in [-0.2, 0) is 6.54 Å². The molecule has 0 bridgehead atoms. The van der Waals surface area contributed by atoms with E-state index >= 15 is 0 Å². The summed E-state index contributed by atoms with van der Waals surface area (Å²) in [7, 11) is 0. The van der Waals surface area contributed by atoms with Gasteiger partial charge in [0.15, 0.2) is 0 Å². The Hall–Kier alpha value is -1.28. The highest BCUT2D eigenvalue weighted by molar-refractivity contribution is 5.80. The van der Waals surface area contributed by atoms with Gasteiger partial charge >= 0.3 is 0 Å². The lowest BCUT2D eigenvalue weighted by Gasteiger charge is -2.29. The van der Waals surface area contributed by atoms with E-state index in [4.69, 9.17) is 4.42 Å². The van der Waals surface area contributed by atoms with Gasteiger partial charge in [-0.2, -0.15) is 0 Å². The lowest BCUT2D eigenvalue weighted by molar-refractivity contribution is 0.277. The maximum Gasteiger partial charge on any atom is 0.134 e. The smallest absolute Gasteiger partial charge is 0.134 e. The summed E-state index contributed by atoms with van der Waals surface area (Å²) in [5.41, 5.74) is 2.28. The van der Waals surface area contributed by atoms with Gasteiger partial charge in [0, 0.05) is 23.5 Å². The number of rotatable bonds is 5. The molecule has 1 aliphatic carbocycles. The first-order chi connectivity index (χ1) is 9.86. The van der Waals surface area contributed by atoms with Crippen LogP contribution in [0.3, 0.4) is 0 Å². The highest BCUT2D eigenvalue weighted by atomic mass is 16.3. The molecule has 1 fully saturated rings. The van der Waals surface area contributed by atoms with Crippen molar-refractivity contribution in [1.82, 2.24) is 5.32 Å². The number of nitrogens with one attached hydrogen (secondary N) is 1. The molecule has 1 aromatic heterocycles. The number of hydrogen-bond donors (Lipinski definition) is 1. The van der Waals surface area contributed by atoms with Gasteiger partial charge in [0.25, 0.3) is 0 Å². The van der Waals surface area contributed by atoms with Gasteiger partial charge < -0.3 is 9.73 Å². The van der Waals surface area contributed by atoms with Gasteiger partial charge in [-0.15, -0.1) is 0 Å². The van der Waals surface area contributed by atoms with Crippen LogP contribution in [0.25, 0.3) is 11.0 Å². The quantitative estimate of drug-likeness (QED) is 0.838. The van der Waals surface area contributed by atoms with E-state index in [1.54, 1.807) is 0 Å². The topological polar surface area (TPSA) is 25.2 Å². The average Bonchev–Trinajstić information content (AvgIpc) is 2.90. The largest absolute Gasteiger partial charge is 0.464 e. The van der Waals surface area contributed by atoms with Crippen LogP contribution in [0.2, 0.25) is 0 Å². The lowest BCUT2D eigenvalue weighted by atomic mass is 9.83. The summed E-state index contributed by atoms with van der Waals surface area (Å²) < 4.78 is 5.60. The number of benzene rings is 1. The monoisotopic (exact) mass is 271 g/mol. The third kappa shape index (κ3) is 3.06. The van der Waals surface area contributed by atoms with Gasteiger partial charge in [-0.25, -0.2) is 0 Å². The summed E-state index contributed by atoms with van der Waals surface area (Å²) in [6.45, 7) is 3.23. The van der Waals surface area contributed by atoms with Gasteiger partial charge in [0.1, 0.15) is 5.58 Å². The van der Waals surface area contributed by atoms with Crippen molar-refractivity contribution in [2.45, 2.75) is 58.0 Å². The minimum absolute atomic E-state index is 0.691. The van der Waals surface area contributed by atoms with E-state index in [2.05, 4.69) is 24.4 Å². The molecule has 3 rings (SSSR count). The molecule has 2 aromatic rings. The zero-order valence-electron chi connectivity index (χ0n) is 12.4. The summed E-state index contributed by atoms with van der Waals surface area (Å²) >= 11 is 0. The molecule has 0 aliphatic heterocycles. The summed E-state index contributed by atoms with van der Waals surface area (Å²) in [6, 6.07) is 8.98. The number of para-hydroxylation sites is 1. The molecule has 2 nitrogen and oxygen atoms in total. The normalized spacial score (nSPS) is 23.2. The van der Waals surface area contributed by atoms with E-state index in [1.807, 2.05) is 18.4 Å². The SMILES string of the molecule is CCCC1CCC(NCc2coc3ccccc23)CC1. The molecule has 1 N–H and O–H groups in total. The molecule has 0 atom stereocenters. The third-order valence-electron chi connectivity index (χ3n) is 4.69. The Balaban J connectivity index is 1.53. The molecule has 0 spiro atoms. The second-order valence-corrected chi connectivity index (χ2v) is 6.14. The van der Waals surface area contributed by atoms with Crippen LogP contribution in [0, 0.1) is 5.92 Å². The van der Waals surface area contributed by atoms with Gasteiger partial charge in [0.05, 0.1) is 6.26 Å². The van der Waals surface area contributed by atoms with E-state index in [0.29, 0.717) is 6.04 Å². The summed E-state index contributed by atoms with van der Waals surface area (Å²) in [4.78, 5) is 0. The van der Waals surface area contributed by atoms with Crippen molar-refractivity contribution in [1.29, 1.82) is 0 Å². The van der Waals surface area contributed by atoms with Crippen molar-refractivity contribution < 1.29 is 4.42 Å². The van der Waals surface area contributed by atoms with Crippen LogP contribution in [0.5, 0.6) is 0 Å². The predicted molar refractivity (Wildman–Crippen MR) is 83.7 cm³/mol. The first kappa shape index (κ1) is 13.7. The van der Waals surface area contributed by atoms with Crippen LogP contribution in [-0.4, -0.2) is 6.04 Å². The van der Waals surface area contributed by atoms with E-state index in [-0.39, 0.29) is 0 Å². The summed E-state index contributed by atoms with van der Waals surface area (Å²) in [6.07, 6.45) is 10.1. The standard InChI is InChI=1S/C18H25NO/c1-2-5-14-8-10-16(11-9-14)19-12-15-13-20-18-7-4-3-6-17(15)18/h3-4,6-7,13-14,16,19H,2,5,8-12H2,1H3. The Morgan fingerprint density at radius 3 is 2.75 bits per heavy atom. The molecule has 20 heavy (non-hydrogen) atoms. The molecule has 1 heterocycles. The molecule has 1 aromatic carbocycles. The lowest BCUT2D eigenvalue weighted by Crippen LogP contribution is -2.32. The minimum atomic E-state index is 0.691. The molecule has 0 radical (unpaired) electrons. The van der Waals surface area contributed by atoms with Crippen molar-refractivity contribution in [3.63, 3.8) is 0 Å². The molecular formula is C18H25NO. The molecule has 0 unspecified atom stereocenters. The molecule has 108 valence electrons. The second-order valence-electron chi connectivity index (χ2n) is 6.14. The van der Waals surface area contributed by atoms with Crippen LogP contribution >= 0.6 is 0 Å². The summed E-state index contributed by atoms with van der Waals surface area (Å²) in [5, 5.41) is 4.97. The fraction of sp³-hybridized carbons (Fsp3) is 0.556. The maximum atomic E-state index is 5.60. The van der Waals surface area contributed by atoms with Gasteiger partial charge in [-0.05, 0) is 37.7 Å². The fourth-order valence-corrected chi connectivity index (χ4v) is 3.49. The van der Waals surface area contributed by atoms with Gasteiger partial charge in [-0.3, -0.25) is 0 Å². The van der Waals surface area contributed by atoms with Gasteiger partial charge in [-0.1, -0.05) is 38.0 Å². The molecule has 1 saturated carbocycles. The highest BCUT2D eigenvalue weighted by Gasteiger charge is 2.20. The Morgan fingerprint density at radius 2 is 1.95 bits per heavy atom. The zero-order chi connectivity index (χ0) is 13.8. The van der Waals surface area contributed by atoms with Crippen molar-refractivity contribution >= 4 is 11.0 Å². The molecule has 0 saturated heterocycles. The molecular weight excluding hydrogens is 246 g/mol. The Labute approximate surface area is 121 Å². The van der Waals surface area contributed by atoms with Crippen LogP contribution in [0.1, 0.15) is 51.0 Å². The van der Waals surface area contributed by atoms with Crippen molar-refractivity contribution in [3.8, 4) is 0 Å². The predicted octanol–water partition coefficient (Wildman–Crippen LogP) is 4.88. The Bertz CT molecular complexity index is 537. The van der Waals surface area contributed by atoms with Crippen LogP contribution < -0.4 is 5.32 Å². The highest BCUT2D eigenvalue weighted by Crippen LogP contribution is 2.28. The first-order valence-corrected chi connectivity index (χ1v) is 8.05. The molecule has 0 amide bonds. The Morgan fingerprint density at radius 1 is 1.15 bits per heavy atom. The minimum Gasteiger partial charge on any atom is -0.464 e. The second kappa shape index (κ2) is 6.45. The number of fused-ring (bicyclic) bond motifs is 1. The van der Waals surface area contributed by atoms with E-state index in [1.165, 1.54) is 49.5 Å². The van der Waals surface area contributed by atoms with Crippen molar-refractivity contribution in [3.05, 3.63) is 36.1 Å².